The largest absolute Gasteiger partial charge is 0.483 e. The molecule has 3 N–H and O–H groups in total. The van der Waals surface area contributed by atoms with Crippen LogP contribution in [0.25, 0.3) is 0 Å². The van der Waals surface area contributed by atoms with Crippen molar-refractivity contribution in [2.24, 2.45) is 5.92 Å². The number of sulfone groups is 1. The van der Waals surface area contributed by atoms with Gasteiger partial charge in [0.15, 0.2) is 9.84 Å². The van der Waals surface area contributed by atoms with E-state index < -0.39 is 27.8 Å². The Morgan fingerprint density at radius 1 is 1.29 bits per heavy atom. The van der Waals surface area contributed by atoms with Gasteiger partial charge in [0.1, 0.15) is 0 Å². The summed E-state index contributed by atoms with van der Waals surface area (Å²) in [6.07, 6.45) is -0.507. The Morgan fingerprint density at radius 3 is 2.42 bits per heavy atom. The summed E-state index contributed by atoms with van der Waals surface area (Å²) in [6, 6.07) is 8.20. The Labute approximate surface area is 140 Å². The van der Waals surface area contributed by atoms with E-state index >= 15 is 0 Å². The van der Waals surface area contributed by atoms with Crippen molar-refractivity contribution in [1.29, 1.82) is 0 Å². The highest BCUT2D eigenvalue weighted by molar-refractivity contribution is 7.91. The van der Waals surface area contributed by atoms with E-state index in [1.165, 1.54) is 0 Å². The zero-order chi connectivity index (χ0) is 18.2. The summed E-state index contributed by atoms with van der Waals surface area (Å²) in [5, 5.41) is 25.6. The number of benzene rings is 1. The number of aliphatic hydroxyl groups is 1. The van der Waals surface area contributed by atoms with Gasteiger partial charge in [-0.1, -0.05) is 18.2 Å². The average Bonchev–Trinajstić information content (AvgIpc) is 2.55. The molecule has 24 heavy (non-hydrogen) atoms. The van der Waals surface area contributed by atoms with Gasteiger partial charge in [0.05, 0.1) is 22.7 Å². The van der Waals surface area contributed by atoms with E-state index in [0.29, 0.717) is 13.0 Å². The maximum absolute atomic E-state index is 12.2. The van der Waals surface area contributed by atoms with Crippen molar-refractivity contribution in [3.63, 3.8) is 0 Å². The molecule has 0 saturated carbocycles. The molecule has 0 spiro atoms. The Morgan fingerprint density at radius 2 is 1.88 bits per heavy atom. The van der Waals surface area contributed by atoms with E-state index in [4.69, 9.17) is 15.0 Å². The molecule has 0 aliphatic carbocycles. The summed E-state index contributed by atoms with van der Waals surface area (Å²) in [5.41, 5.74) is 0. The number of nitrogens with zero attached hydrogens (tertiary/aromatic N) is 1. The van der Waals surface area contributed by atoms with Crippen LogP contribution < -0.4 is 0 Å². The SMILES string of the molecule is O=C(O)[C@@H]1CN(CCS(=O)(=O)c2ccccc2)CC[C@@H]1O.O=CO. The van der Waals surface area contributed by atoms with Gasteiger partial charge >= 0.3 is 5.97 Å². The molecule has 2 rings (SSSR count). The van der Waals surface area contributed by atoms with Crippen LogP contribution in [0, 0.1) is 5.92 Å². The zero-order valence-corrected chi connectivity index (χ0v) is 13.8. The summed E-state index contributed by atoms with van der Waals surface area (Å²) in [5.74, 6) is -1.95. The smallest absolute Gasteiger partial charge is 0.310 e. The van der Waals surface area contributed by atoms with Crippen LogP contribution in [0.5, 0.6) is 0 Å². The fourth-order valence-corrected chi connectivity index (χ4v) is 3.75. The second kappa shape index (κ2) is 9.36. The molecule has 1 heterocycles. The van der Waals surface area contributed by atoms with Crippen molar-refractivity contribution < 1.29 is 33.3 Å². The molecule has 1 aromatic carbocycles. The monoisotopic (exact) mass is 359 g/mol. The Kier molecular flexibility index (Phi) is 7.83. The molecule has 1 fully saturated rings. The lowest BCUT2D eigenvalue weighted by Gasteiger charge is -2.33. The maximum Gasteiger partial charge on any atom is 0.310 e. The number of piperidine rings is 1. The number of hydrogen-bond acceptors (Lipinski definition) is 6. The molecule has 0 radical (unpaired) electrons. The molecule has 2 atom stereocenters. The van der Waals surface area contributed by atoms with Crippen molar-refractivity contribution in [3.8, 4) is 0 Å². The Hall–Kier alpha value is -1.97. The van der Waals surface area contributed by atoms with Crippen LogP contribution in [0.4, 0.5) is 0 Å². The first kappa shape index (κ1) is 20.1. The van der Waals surface area contributed by atoms with E-state index in [-0.39, 0.29) is 30.2 Å². The van der Waals surface area contributed by atoms with E-state index in [0.717, 1.165) is 0 Å². The van der Waals surface area contributed by atoms with Crippen molar-refractivity contribution in [2.75, 3.05) is 25.4 Å². The van der Waals surface area contributed by atoms with Gasteiger partial charge in [-0.25, -0.2) is 8.42 Å². The number of carboxylic acids is 1. The quantitative estimate of drug-likeness (QED) is 0.622. The average molecular weight is 359 g/mol. The standard InChI is InChI=1S/C14H19NO5S.CH2O2/c16-13-6-7-15(10-12(13)14(17)18)8-9-21(19,20)11-4-2-1-3-5-11;2-1-3/h1-5,12-13,16H,6-10H2,(H,17,18);1H,(H,2,3)/t12-,13+;/m1./s1. The van der Waals surface area contributed by atoms with Crippen LogP contribution in [0.1, 0.15) is 6.42 Å². The number of carbonyl (C=O) groups is 2. The van der Waals surface area contributed by atoms with E-state index in [1.807, 2.05) is 0 Å². The van der Waals surface area contributed by atoms with E-state index in [1.54, 1.807) is 35.2 Å². The topological polar surface area (TPSA) is 132 Å². The number of hydrogen-bond donors (Lipinski definition) is 3. The van der Waals surface area contributed by atoms with Gasteiger partial charge in [-0.05, 0) is 18.6 Å². The van der Waals surface area contributed by atoms with Gasteiger partial charge in [0.2, 0.25) is 0 Å². The summed E-state index contributed by atoms with van der Waals surface area (Å²) in [6.45, 7) is 0.712. The molecule has 1 aliphatic heterocycles. The van der Waals surface area contributed by atoms with Crippen LogP contribution >= 0.6 is 0 Å². The summed E-state index contributed by atoms with van der Waals surface area (Å²) >= 11 is 0. The summed E-state index contributed by atoms with van der Waals surface area (Å²) < 4.78 is 24.3. The predicted octanol–water partition coefficient (Wildman–Crippen LogP) is -0.0715. The first-order valence-electron chi connectivity index (χ1n) is 7.30. The van der Waals surface area contributed by atoms with Gasteiger partial charge < -0.3 is 20.2 Å². The zero-order valence-electron chi connectivity index (χ0n) is 13.0. The highest BCUT2D eigenvalue weighted by atomic mass is 32.2. The van der Waals surface area contributed by atoms with Crippen molar-refractivity contribution in [2.45, 2.75) is 17.4 Å². The molecule has 1 saturated heterocycles. The van der Waals surface area contributed by atoms with Crippen molar-refractivity contribution in [1.82, 2.24) is 4.90 Å². The van der Waals surface area contributed by atoms with Gasteiger partial charge in [-0.2, -0.15) is 0 Å². The minimum atomic E-state index is -3.36. The minimum absolute atomic E-state index is 0.0561. The number of carboxylic acid groups (broad SMARTS) is 2. The summed E-state index contributed by atoms with van der Waals surface area (Å²) in [4.78, 5) is 21.4. The second-order valence-corrected chi connectivity index (χ2v) is 7.45. The fourth-order valence-electron chi connectivity index (χ4n) is 2.45. The normalized spacial score (nSPS) is 21.4. The maximum atomic E-state index is 12.2. The van der Waals surface area contributed by atoms with Crippen LogP contribution in [0.3, 0.4) is 0 Å². The lowest BCUT2D eigenvalue weighted by molar-refractivity contribution is -0.148. The third-order valence-corrected chi connectivity index (χ3v) is 5.47. The molecule has 0 unspecified atom stereocenters. The molecular weight excluding hydrogens is 338 g/mol. The van der Waals surface area contributed by atoms with E-state index in [9.17, 15) is 18.3 Å². The highest BCUT2D eigenvalue weighted by Crippen LogP contribution is 2.18. The molecule has 8 nitrogen and oxygen atoms in total. The van der Waals surface area contributed by atoms with Crippen molar-refractivity contribution >= 4 is 22.3 Å². The lowest BCUT2D eigenvalue weighted by atomic mass is 9.95. The molecule has 0 aromatic heterocycles. The fraction of sp³-hybridized carbons (Fsp3) is 0.467. The number of aliphatic carboxylic acids is 1. The number of rotatable bonds is 5. The minimum Gasteiger partial charge on any atom is -0.483 e. The number of likely N-dealkylation sites (tertiary alicyclic amines) is 1. The Bertz CT molecular complexity index is 632. The molecular formula is C15H21NO7S. The van der Waals surface area contributed by atoms with E-state index in [2.05, 4.69) is 0 Å². The molecule has 9 heteroatoms. The van der Waals surface area contributed by atoms with Gasteiger partial charge in [-0.3, -0.25) is 9.59 Å². The molecule has 0 bridgehead atoms. The third kappa shape index (κ3) is 5.91. The molecule has 134 valence electrons. The van der Waals surface area contributed by atoms with Gasteiger partial charge in [0.25, 0.3) is 6.47 Å². The van der Waals surface area contributed by atoms with Crippen LogP contribution in [-0.4, -0.2) is 72.6 Å². The third-order valence-electron chi connectivity index (χ3n) is 3.76. The van der Waals surface area contributed by atoms with Gasteiger partial charge in [-0.15, -0.1) is 0 Å². The van der Waals surface area contributed by atoms with Crippen LogP contribution in [0.15, 0.2) is 35.2 Å². The first-order valence-corrected chi connectivity index (χ1v) is 8.96. The first-order chi connectivity index (χ1) is 11.3. The summed E-state index contributed by atoms with van der Waals surface area (Å²) in [7, 11) is -3.36. The predicted molar refractivity (Wildman–Crippen MR) is 85.4 cm³/mol. The lowest BCUT2D eigenvalue weighted by Crippen LogP contribution is -2.47. The molecule has 0 amide bonds. The second-order valence-electron chi connectivity index (χ2n) is 5.34. The van der Waals surface area contributed by atoms with Crippen molar-refractivity contribution in [3.05, 3.63) is 30.3 Å². The van der Waals surface area contributed by atoms with Gasteiger partial charge in [0, 0.05) is 19.6 Å². The van der Waals surface area contributed by atoms with Crippen LogP contribution in [-0.2, 0) is 19.4 Å². The van der Waals surface area contributed by atoms with Crippen LogP contribution in [0.2, 0.25) is 0 Å². The Balaban J connectivity index is 0.000000891. The molecule has 1 aliphatic rings. The molecule has 1 aromatic rings. The number of aliphatic hydroxyl groups excluding tert-OH is 1. The highest BCUT2D eigenvalue weighted by Gasteiger charge is 2.33.